The quantitative estimate of drug-likeness (QED) is 0.857. The van der Waals surface area contributed by atoms with Crippen molar-refractivity contribution in [3.8, 4) is 0 Å². The van der Waals surface area contributed by atoms with Gasteiger partial charge in [-0.3, -0.25) is 9.88 Å². The maximum absolute atomic E-state index is 5.66. The lowest BCUT2D eigenvalue weighted by Crippen LogP contribution is -2.44. The number of nitrogens with two attached hydrogens (primary N) is 1. The average Bonchev–Trinajstić information content (AvgIpc) is 2.98. The number of hydrogen-bond acceptors (Lipinski definition) is 5. The van der Waals surface area contributed by atoms with E-state index in [1.54, 1.807) is 0 Å². The molecule has 2 aliphatic rings. The van der Waals surface area contributed by atoms with Gasteiger partial charge in [-0.05, 0) is 18.6 Å². The molecular formula is C14H22N4O. The Balaban J connectivity index is 1.64. The van der Waals surface area contributed by atoms with Gasteiger partial charge in [-0.2, -0.15) is 0 Å². The van der Waals surface area contributed by atoms with Crippen LogP contribution in [-0.4, -0.2) is 55.3 Å². The van der Waals surface area contributed by atoms with E-state index in [4.69, 9.17) is 10.5 Å². The number of hydrogen-bond donors (Lipinski definition) is 1. The van der Waals surface area contributed by atoms with Gasteiger partial charge in [0.05, 0.1) is 18.9 Å². The number of anilines is 1. The molecule has 1 aromatic rings. The van der Waals surface area contributed by atoms with Crippen molar-refractivity contribution < 1.29 is 4.74 Å². The van der Waals surface area contributed by atoms with Gasteiger partial charge in [-0.15, -0.1) is 0 Å². The van der Waals surface area contributed by atoms with E-state index in [0.29, 0.717) is 12.6 Å². The van der Waals surface area contributed by atoms with Crippen molar-refractivity contribution in [2.24, 2.45) is 5.73 Å². The Labute approximate surface area is 114 Å². The number of rotatable bonds is 3. The van der Waals surface area contributed by atoms with Crippen molar-refractivity contribution in [3.63, 3.8) is 0 Å². The minimum Gasteiger partial charge on any atom is -0.379 e. The summed E-state index contributed by atoms with van der Waals surface area (Å²) >= 11 is 0. The third kappa shape index (κ3) is 2.88. The van der Waals surface area contributed by atoms with Gasteiger partial charge in [0, 0.05) is 50.6 Å². The fourth-order valence-electron chi connectivity index (χ4n) is 2.99. The second kappa shape index (κ2) is 5.86. The molecule has 0 bridgehead atoms. The van der Waals surface area contributed by atoms with Gasteiger partial charge >= 0.3 is 0 Å². The number of morpholine rings is 1. The normalized spacial score (nSPS) is 24.9. The lowest BCUT2D eigenvalue weighted by atomic mass is 10.2. The molecule has 2 N–H and O–H groups in total. The van der Waals surface area contributed by atoms with Crippen LogP contribution in [0.2, 0.25) is 0 Å². The number of ether oxygens (including phenoxy) is 1. The fourth-order valence-corrected chi connectivity index (χ4v) is 2.99. The van der Waals surface area contributed by atoms with Crippen LogP contribution in [0, 0.1) is 0 Å². The average molecular weight is 262 g/mol. The highest BCUT2D eigenvalue weighted by atomic mass is 16.5. The molecule has 0 amide bonds. The molecule has 1 aromatic heterocycles. The summed E-state index contributed by atoms with van der Waals surface area (Å²) in [6, 6.07) is 4.86. The molecule has 104 valence electrons. The third-order valence-electron chi connectivity index (χ3n) is 4.10. The van der Waals surface area contributed by atoms with Crippen molar-refractivity contribution in [1.82, 2.24) is 9.88 Å². The third-order valence-corrected chi connectivity index (χ3v) is 4.10. The molecule has 19 heavy (non-hydrogen) atoms. The molecule has 3 rings (SSSR count). The Morgan fingerprint density at radius 1 is 1.32 bits per heavy atom. The molecule has 0 radical (unpaired) electrons. The van der Waals surface area contributed by atoms with Crippen LogP contribution in [0.1, 0.15) is 12.1 Å². The van der Waals surface area contributed by atoms with Crippen LogP contribution in [0.3, 0.4) is 0 Å². The first-order valence-electron chi connectivity index (χ1n) is 7.08. The Kier molecular flexibility index (Phi) is 3.96. The predicted octanol–water partition coefficient (Wildman–Crippen LogP) is 0.451. The summed E-state index contributed by atoms with van der Waals surface area (Å²) in [5.74, 6) is 0. The van der Waals surface area contributed by atoms with E-state index in [2.05, 4.69) is 26.9 Å². The van der Waals surface area contributed by atoms with Crippen molar-refractivity contribution in [3.05, 3.63) is 24.0 Å². The summed E-state index contributed by atoms with van der Waals surface area (Å²) in [6.45, 7) is 6.64. The van der Waals surface area contributed by atoms with E-state index in [1.165, 1.54) is 12.1 Å². The molecule has 2 saturated heterocycles. The molecule has 2 fully saturated rings. The summed E-state index contributed by atoms with van der Waals surface area (Å²) in [7, 11) is 0. The lowest BCUT2D eigenvalue weighted by Gasteiger charge is -2.32. The van der Waals surface area contributed by atoms with Crippen molar-refractivity contribution in [2.75, 3.05) is 44.3 Å². The smallest absolute Gasteiger partial charge is 0.0594 e. The Morgan fingerprint density at radius 3 is 2.95 bits per heavy atom. The van der Waals surface area contributed by atoms with Gasteiger partial charge in [0.2, 0.25) is 0 Å². The van der Waals surface area contributed by atoms with Crippen LogP contribution >= 0.6 is 0 Å². The number of nitrogens with zero attached hydrogens (tertiary/aromatic N) is 3. The summed E-state index contributed by atoms with van der Waals surface area (Å²) in [5.41, 5.74) is 7.88. The first-order valence-corrected chi connectivity index (χ1v) is 7.08. The van der Waals surface area contributed by atoms with E-state index in [-0.39, 0.29) is 0 Å². The van der Waals surface area contributed by atoms with E-state index < -0.39 is 0 Å². The van der Waals surface area contributed by atoms with Gasteiger partial charge in [-0.25, -0.2) is 0 Å². The van der Waals surface area contributed by atoms with E-state index in [0.717, 1.165) is 45.1 Å². The standard InChI is InChI=1S/C14H22N4O/c15-10-12-9-13(1-3-16-12)18-4-2-14(11-18)17-5-7-19-8-6-17/h1,3,9,14H,2,4-8,10-11,15H2. The fraction of sp³-hybridized carbons (Fsp3) is 0.643. The molecule has 1 atom stereocenters. The lowest BCUT2D eigenvalue weighted by molar-refractivity contribution is 0.0209. The van der Waals surface area contributed by atoms with Crippen molar-refractivity contribution >= 4 is 5.69 Å². The molecule has 2 aliphatic heterocycles. The summed E-state index contributed by atoms with van der Waals surface area (Å²) in [5, 5.41) is 0. The predicted molar refractivity (Wildman–Crippen MR) is 75.1 cm³/mol. The monoisotopic (exact) mass is 262 g/mol. The second-order valence-electron chi connectivity index (χ2n) is 5.25. The molecule has 0 aromatic carbocycles. The van der Waals surface area contributed by atoms with Crippen LogP contribution in [0.4, 0.5) is 5.69 Å². The van der Waals surface area contributed by atoms with Gasteiger partial charge in [0.1, 0.15) is 0 Å². The zero-order valence-electron chi connectivity index (χ0n) is 11.3. The zero-order chi connectivity index (χ0) is 13.1. The minimum atomic E-state index is 0.509. The maximum atomic E-state index is 5.66. The Hall–Kier alpha value is -1.17. The summed E-state index contributed by atoms with van der Waals surface area (Å²) < 4.78 is 5.42. The van der Waals surface area contributed by atoms with Crippen LogP contribution in [-0.2, 0) is 11.3 Å². The molecule has 0 saturated carbocycles. The molecule has 3 heterocycles. The molecule has 5 nitrogen and oxygen atoms in total. The van der Waals surface area contributed by atoms with Crippen LogP contribution in [0.25, 0.3) is 0 Å². The SMILES string of the molecule is NCc1cc(N2CCC(N3CCOCC3)C2)ccn1. The highest BCUT2D eigenvalue weighted by Gasteiger charge is 2.28. The molecule has 5 heteroatoms. The number of aromatic nitrogens is 1. The first-order chi connectivity index (χ1) is 9.36. The topological polar surface area (TPSA) is 54.6 Å². The van der Waals surface area contributed by atoms with Gasteiger partial charge in [0.15, 0.2) is 0 Å². The second-order valence-corrected chi connectivity index (χ2v) is 5.25. The highest BCUT2D eigenvalue weighted by Crippen LogP contribution is 2.23. The van der Waals surface area contributed by atoms with Gasteiger partial charge in [-0.1, -0.05) is 0 Å². The maximum Gasteiger partial charge on any atom is 0.0594 e. The van der Waals surface area contributed by atoms with Crippen molar-refractivity contribution in [2.45, 2.75) is 19.0 Å². The largest absolute Gasteiger partial charge is 0.379 e. The van der Waals surface area contributed by atoms with Gasteiger partial charge < -0.3 is 15.4 Å². The summed E-state index contributed by atoms with van der Waals surface area (Å²) in [4.78, 5) is 9.27. The van der Waals surface area contributed by atoms with Crippen LogP contribution in [0.15, 0.2) is 18.3 Å². The summed E-state index contributed by atoms with van der Waals surface area (Å²) in [6.07, 6.45) is 3.10. The molecular weight excluding hydrogens is 240 g/mol. The van der Waals surface area contributed by atoms with Crippen LogP contribution in [0.5, 0.6) is 0 Å². The first kappa shape index (κ1) is 12.8. The Bertz CT molecular complexity index is 420. The van der Waals surface area contributed by atoms with Gasteiger partial charge in [0.25, 0.3) is 0 Å². The minimum absolute atomic E-state index is 0.509. The molecule has 1 unspecified atom stereocenters. The van der Waals surface area contributed by atoms with Crippen LogP contribution < -0.4 is 10.6 Å². The molecule has 0 aliphatic carbocycles. The van der Waals surface area contributed by atoms with E-state index in [1.807, 2.05) is 6.20 Å². The highest BCUT2D eigenvalue weighted by molar-refractivity contribution is 5.47. The molecule has 0 spiro atoms. The van der Waals surface area contributed by atoms with E-state index >= 15 is 0 Å². The zero-order valence-corrected chi connectivity index (χ0v) is 11.3. The van der Waals surface area contributed by atoms with E-state index in [9.17, 15) is 0 Å². The Morgan fingerprint density at radius 2 is 2.16 bits per heavy atom. The van der Waals surface area contributed by atoms with Crippen molar-refractivity contribution in [1.29, 1.82) is 0 Å². The number of pyridine rings is 1.